The largest absolute Gasteiger partial charge is 0.463 e. The van der Waals surface area contributed by atoms with Gasteiger partial charge in [-0.2, -0.15) is 0 Å². The van der Waals surface area contributed by atoms with Crippen molar-refractivity contribution in [2.45, 2.75) is 167 Å². The molecule has 4 fully saturated rings. The molecule has 0 aliphatic carbocycles. The Morgan fingerprint density at radius 1 is 0.556 bits per heavy atom. The number of ether oxygens (including phenoxy) is 12. The molecule has 0 saturated carbocycles. The third-order valence-corrected chi connectivity index (χ3v) is 14.6. The van der Waals surface area contributed by atoms with E-state index in [0.717, 1.165) is 16.7 Å². The van der Waals surface area contributed by atoms with E-state index in [-0.39, 0.29) is 38.3 Å². The maximum atomic E-state index is 12.4. The smallest absolute Gasteiger partial charge is 0.302 e. The number of aliphatic hydroxyl groups is 1. The first kappa shape index (κ1) is 55.2. The predicted molar refractivity (Wildman–Crippen MR) is 260 cm³/mol. The SMILES string of the molecule is CO[C@@H]1OC(COC(C)=O)[C@@H](O[C@@H]2OC(C)[C@H](O[C@@H]3OC(COC(C)=O)[C@@H](O[C@@H]4OC(Cc5ccccc5)[C@@H](O)[C@@H](OCc5ccccc5)C4C)[C@H](C)C3N=[N+]=[N-])[C@@H](OCc3ccccc3)C2C)[C@H](C)C1C. The highest BCUT2D eigenvalue weighted by Gasteiger charge is 2.54. The van der Waals surface area contributed by atoms with Crippen molar-refractivity contribution in [3.8, 4) is 0 Å². The van der Waals surface area contributed by atoms with Crippen LogP contribution in [0.25, 0.3) is 10.4 Å². The number of carbonyl (C=O) groups excluding carboxylic acids is 2. The predicted octanol–water partition coefficient (Wildman–Crippen LogP) is 7.47. The molecule has 3 aromatic carbocycles. The van der Waals surface area contributed by atoms with Crippen LogP contribution in [0, 0.1) is 29.6 Å². The number of hydrogen-bond acceptors (Lipinski definition) is 16. The van der Waals surface area contributed by atoms with Crippen LogP contribution in [0.2, 0.25) is 0 Å². The van der Waals surface area contributed by atoms with Gasteiger partial charge in [0.25, 0.3) is 0 Å². The van der Waals surface area contributed by atoms with Crippen LogP contribution >= 0.6 is 0 Å². The molecule has 18 nitrogen and oxygen atoms in total. The molecule has 0 radical (unpaired) electrons. The normalized spacial score (nSPS) is 37.0. The second-order valence-electron chi connectivity index (χ2n) is 19.7. The Morgan fingerprint density at radius 3 is 1.54 bits per heavy atom. The molecule has 0 spiro atoms. The lowest BCUT2D eigenvalue weighted by molar-refractivity contribution is -0.364. The number of rotatable bonds is 20. The van der Waals surface area contributed by atoms with Crippen LogP contribution in [-0.4, -0.2) is 130 Å². The molecule has 18 heteroatoms. The molecule has 72 heavy (non-hydrogen) atoms. The van der Waals surface area contributed by atoms with Gasteiger partial charge in [0, 0.05) is 50.0 Å². The first-order valence-electron chi connectivity index (χ1n) is 25.1. The zero-order valence-electron chi connectivity index (χ0n) is 42.7. The highest BCUT2D eigenvalue weighted by molar-refractivity contribution is 5.66. The summed E-state index contributed by atoms with van der Waals surface area (Å²) in [5.74, 6) is -2.76. The number of benzene rings is 3. The Bertz CT molecular complexity index is 2190. The van der Waals surface area contributed by atoms with Gasteiger partial charge in [-0.3, -0.25) is 9.59 Å². The van der Waals surface area contributed by atoms with Crippen molar-refractivity contribution < 1.29 is 71.5 Å². The maximum Gasteiger partial charge on any atom is 0.302 e. The summed E-state index contributed by atoms with van der Waals surface area (Å²) >= 11 is 0. The van der Waals surface area contributed by atoms with Crippen molar-refractivity contribution in [3.05, 3.63) is 118 Å². The molecule has 1 N–H and O–H groups in total. The number of azide groups is 1. The van der Waals surface area contributed by atoms with Gasteiger partial charge in [0.15, 0.2) is 25.2 Å². The quantitative estimate of drug-likeness (QED) is 0.0503. The second-order valence-corrected chi connectivity index (χ2v) is 19.7. The average Bonchev–Trinajstić information content (AvgIpc) is 3.37. The van der Waals surface area contributed by atoms with Crippen molar-refractivity contribution in [2.75, 3.05) is 20.3 Å². The van der Waals surface area contributed by atoms with Gasteiger partial charge in [0.2, 0.25) is 0 Å². The zero-order valence-corrected chi connectivity index (χ0v) is 42.7. The molecule has 0 amide bonds. The molecule has 4 aliphatic heterocycles. The molecule has 4 saturated heterocycles. The van der Waals surface area contributed by atoms with Gasteiger partial charge < -0.3 is 61.9 Å². The number of methoxy groups -OCH3 is 1. The van der Waals surface area contributed by atoms with Crippen molar-refractivity contribution in [1.29, 1.82) is 0 Å². The third kappa shape index (κ3) is 13.8. The summed E-state index contributed by atoms with van der Waals surface area (Å²) in [6, 6.07) is 28.2. The van der Waals surface area contributed by atoms with Gasteiger partial charge in [0.05, 0.1) is 55.9 Å². The van der Waals surface area contributed by atoms with E-state index in [1.54, 1.807) is 7.11 Å². The molecule has 0 bridgehead atoms. The van der Waals surface area contributed by atoms with Crippen molar-refractivity contribution in [2.24, 2.45) is 34.7 Å². The Balaban J connectivity index is 1.15. The molecular weight excluding hydrogens is 931 g/mol. The lowest BCUT2D eigenvalue weighted by atomic mass is 9.84. The van der Waals surface area contributed by atoms with Crippen molar-refractivity contribution in [3.63, 3.8) is 0 Å². The Labute approximate surface area is 422 Å². The van der Waals surface area contributed by atoms with Crippen LogP contribution < -0.4 is 0 Å². The fourth-order valence-electron chi connectivity index (χ4n) is 10.3. The lowest BCUT2D eigenvalue weighted by Crippen LogP contribution is -2.63. The molecule has 4 aliphatic rings. The van der Waals surface area contributed by atoms with E-state index < -0.39 is 122 Å². The molecule has 8 unspecified atom stereocenters. The minimum atomic E-state index is -1.20. The molecule has 4 heterocycles. The number of nitrogens with zero attached hydrogens (tertiary/aromatic N) is 3. The number of aliphatic hydroxyl groups excluding tert-OH is 1. The minimum absolute atomic E-state index is 0.0465. The Kier molecular flexibility index (Phi) is 20.0. The van der Waals surface area contributed by atoms with Gasteiger partial charge in [0.1, 0.15) is 37.6 Å². The van der Waals surface area contributed by atoms with E-state index in [0.29, 0.717) is 6.42 Å². The molecule has 394 valence electrons. The van der Waals surface area contributed by atoms with Crippen molar-refractivity contribution in [1.82, 2.24) is 0 Å². The van der Waals surface area contributed by atoms with E-state index in [4.69, 9.17) is 56.8 Å². The zero-order chi connectivity index (χ0) is 51.5. The fourth-order valence-corrected chi connectivity index (χ4v) is 10.3. The minimum Gasteiger partial charge on any atom is -0.463 e. The summed E-state index contributed by atoms with van der Waals surface area (Å²) in [6.45, 7) is 14.5. The first-order valence-corrected chi connectivity index (χ1v) is 25.1. The highest BCUT2D eigenvalue weighted by atomic mass is 16.8. The third-order valence-electron chi connectivity index (χ3n) is 14.6. The van der Waals surface area contributed by atoms with Gasteiger partial charge in [-0.15, -0.1) is 0 Å². The summed E-state index contributed by atoms with van der Waals surface area (Å²) in [5.41, 5.74) is 12.9. The molecule has 20 atom stereocenters. The van der Waals surface area contributed by atoms with Gasteiger partial charge >= 0.3 is 11.9 Å². The van der Waals surface area contributed by atoms with E-state index in [9.17, 15) is 20.2 Å². The Morgan fingerprint density at radius 2 is 1.01 bits per heavy atom. The standard InChI is InChI=1S/C54H73N3O15/c1-30-31(2)51(61-9)68-42(28-62-36(7)58)46(30)70-52-34(5)49(65-27-40-23-17-12-18-24-40)50(35(6)66-52)72-54-44(56-57-55)32(3)47(43(69-54)29-63-37(8)59)71-53-33(4)48(64-26-39-21-15-11-16-22-39)45(60)41(67-53)25-38-19-13-10-14-20-38/h10-24,30-35,41-54,60H,25-29H2,1-9H3/t30-,31?,32-,33?,34?,35?,41?,42?,43?,44?,45-,46+,47+,48+,49+,50+,51-,52+,53+,54+/m1/s1. The molecule has 3 aromatic rings. The van der Waals surface area contributed by atoms with E-state index in [2.05, 4.69) is 10.0 Å². The average molecular weight is 1000 g/mol. The second kappa shape index (κ2) is 26.1. The molecule has 0 aromatic heterocycles. The number of hydrogen-bond donors (Lipinski definition) is 1. The monoisotopic (exact) mass is 1000 g/mol. The van der Waals surface area contributed by atoms with Gasteiger partial charge in [-0.25, -0.2) is 0 Å². The van der Waals surface area contributed by atoms with Gasteiger partial charge in [-0.05, 0) is 41.0 Å². The van der Waals surface area contributed by atoms with E-state index in [1.165, 1.54) is 13.8 Å². The topological polar surface area (TPSA) is 214 Å². The van der Waals surface area contributed by atoms with Crippen LogP contribution in [0.3, 0.4) is 0 Å². The molecule has 7 rings (SSSR count). The van der Waals surface area contributed by atoms with E-state index >= 15 is 0 Å². The first-order chi connectivity index (χ1) is 34.7. The summed E-state index contributed by atoms with van der Waals surface area (Å²) in [4.78, 5) is 27.7. The van der Waals surface area contributed by atoms with Crippen molar-refractivity contribution >= 4 is 11.9 Å². The van der Waals surface area contributed by atoms with Crippen LogP contribution in [0.15, 0.2) is 96.1 Å². The summed E-state index contributed by atoms with van der Waals surface area (Å²) in [6.07, 6.45) is -10.8. The van der Waals surface area contributed by atoms with Crippen LogP contribution in [-0.2, 0) is 86.1 Å². The van der Waals surface area contributed by atoms with Crippen LogP contribution in [0.5, 0.6) is 0 Å². The Hall–Kier alpha value is -4.53. The fraction of sp³-hybridized carbons (Fsp3) is 0.630. The summed E-state index contributed by atoms with van der Waals surface area (Å²) in [5, 5.41) is 16.1. The number of carbonyl (C=O) groups is 2. The van der Waals surface area contributed by atoms with E-state index in [1.807, 2.05) is 133 Å². The highest BCUT2D eigenvalue weighted by Crippen LogP contribution is 2.42. The summed E-state index contributed by atoms with van der Waals surface area (Å²) in [7, 11) is 1.58. The van der Waals surface area contributed by atoms with Crippen LogP contribution in [0.1, 0.15) is 72.1 Å². The lowest BCUT2D eigenvalue weighted by Gasteiger charge is -2.51. The van der Waals surface area contributed by atoms with Crippen LogP contribution in [0.4, 0.5) is 0 Å². The summed E-state index contributed by atoms with van der Waals surface area (Å²) < 4.78 is 77.2. The van der Waals surface area contributed by atoms with Gasteiger partial charge in [-0.1, -0.05) is 131 Å². The number of esters is 2. The molecular formula is C54H73N3O15. The maximum absolute atomic E-state index is 12.4.